The molecule has 2 aliphatic rings. The molecular weight excluding hydrogens is 368 g/mol. The van der Waals surface area contributed by atoms with Gasteiger partial charge in [0.15, 0.2) is 12.7 Å². The zero-order valence-electron chi connectivity index (χ0n) is 14.4. The van der Waals surface area contributed by atoms with E-state index in [4.69, 9.17) is 15.2 Å². The number of rotatable bonds is 6. The summed E-state index contributed by atoms with van der Waals surface area (Å²) in [6, 6.07) is 0. The van der Waals surface area contributed by atoms with E-state index in [1.165, 1.54) is 19.2 Å². The molecule has 0 amide bonds. The fourth-order valence-corrected chi connectivity index (χ4v) is 2.27. The minimum Gasteiger partial charge on any atom is -0.460 e. The van der Waals surface area contributed by atoms with Crippen molar-refractivity contribution >= 4 is 17.8 Å². The van der Waals surface area contributed by atoms with Crippen molar-refractivity contribution in [1.82, 2.24) is 4.90 Å². The summed E-state index contributed by atoms with van der Waals surface area (Å²) in [6.45, 7) is 6.83. The minimum atomic E-state index is -3.71. The van der Waals surface area contributed by atoms with Gasteiger partial charge in [0.2, 0.25) is 6.23 Å². The highest BCUT2D eigenvalue weighted by molar-refractivity contribution is 5.92. The van der Waals surface area contributed by atoms with Gasteiger partial charge in [-0.1, -0.05) is 13.2 Å². The molecule has 0 aromatic rings. The minimum absolute atomic E-state index is 0.0768. The number of hydrogen-bond donors (Lipinski definition) is 2. The van der Waals surface area contributed by atoms with Crippen molar-refractivity contribution in [3.8, 4) is 0 Å². The van der Waals surface area contributed by atoms with E-state index < -0.39 is 49.5 Å². The summed E-state index contributed by atoms with van der Waals surface area (Å²) in [5, 5.41) is 9.86. The first-order chi connectivity index (χ1) is 12.5. The van der Waals surface area contributed by atoms with Gasteiger partial charge < -0.3 is 30.0 Å². The number of nitrogens with zero attached hydrogens (tertiary/aromatic N) is 2. The van der Waals surface area contributed by atoms with Crippen molar-refractivity contribution in [2.24, 2.45) is 10.7 Å². The standard InChI is InChI=1S/C16H19F2N3O6/c1-8(2)14(24)26-7-12(22)25-6-10-13(23)16(17,18)15(27-10)21-5-4-11(19)20-9(21)3/h4-5,10,13,15,23H,1,3,6-7H2,2H3,(H2,19,20)/t10-,13?,15-/m1/s1. The molecule has 0 aromatic carbocycles. The van der Waals surface area contributed by atoms with Crippen LogP contribution in [0, 0.1) is 0 Å². The van der Waals surface area contributed by atoms with Crippen LogP contribution in [0.3, 0.4) is 0 Å². The highest BCUT2D eigenvalue weighted by atomic mass is 19.3. The Bertz CT molecular complexity index is 721. The first-order valence-corrected chi connectivity index (χ1v) is 7.73. The van der Waals surface area contributed by atoms with Crippen LogP contribution in [0.5, 0.6) is 0 Å². The van der Waals surface area contributed by atoms with Gasteiger partial charge in [-0.15, -0.1) is 0 Å². The number of amidine groups is 1. The molecule has 0 radical (unpaired) electrons. The molecule has 2 aliphatic heterocycles. The van der Waals surface area contributed by atoms with Gasteiger partial charge in [0.1, 0.15) is 24.4 Å². The average molecular weight is 387 g/mol. The monoisotopic (exact) mass is 387 g/mol. The number of nitrogens with two attached hydrogens (primary N) is 1. The van der Waals surface area contributed by atoms with E-state index in [0.29, 0.717) is 0 Å². The Morgan fingerprint density at radius 3 is 2.74 bits per heavy atom. The van der Waals surface area contributed by atoms with Crippen LogP contribution in [0.25, 0.3) is 0 Å². The fraction of sp³-hybridized carbons (Fsp3) is 0.438. The highest BCUT2D eigenvalue weighted by Crippen LogP contribution is 2.40. The second kappa shape index (κ2) is 7.84. The van der Waals surface area contributed by atoms with Crippen LogP contribution in [0.2, 0.25) is 0 Å². The zero-order valence-corrected chi connectivity index (χ0v) is 14.4. The van der Waals surface area contributed by atoms with E-state index in [0.717, 1.165) is 4.90 Å². The van der Waals surface area contributed by atoms with Crippen LogP contribution in [0.15, 0.2) is 41.8 Å². The summed E-state index contributed by atoms with van der Waals surface area (Å²) >= 11 is 0. The van der Waals surface area contributed by atoms with E-state index in [1.54, 1.807) is 0 Å². The van der Waals surface area contributed by atoms with Crippen molar-refractivity contribution in [1.29, 1.82) is 0 Å². The third kappa shape index (κ3) is 4.49. The topological polar surface area (TPSA) is 124 Å². The lowest BCUT2D eigenvalue weighted by Crippen LogP contribution is -2.47. The predicted octanol–water partition coefficient (Wildman–Crippen LogP) is 0.0277. The van der Waals surface area contributed by atoms with Gasteiger partial charge in [0.25, 0.3) is 0 Å². The molecule has 2 rings (SSSR count). The molecule has 9 nitrogen and oxygen atoms in total. The Hall–Kier alpha value is -2.79. The maximum atomic E-state index is 14.4. The Kier molecular flexibility index (Phi) is 5.96. The number of esters is 2. The zero-order chi connectivity index (χ0) is 20.4. The second-order valence-electron chi connectivity index (χ2n) is 5.86. The number of halogens is 2. The second-order valence-corrected chi connectivity index (χ2v) is 5.86. The average Bonchev–Trinajstić information content (AvgIpc) is 2.81. The quantitative estimate of drug-likeness (QED) is 0.483. The molecule has 2 heterocycles. The molecule has 1 unspecified atom stereocenters. The van der Waals surface area contributed by atoms with Gasteiger partial charge >= 0.3 is 17.9 Å². The maximum Gasteiger partial charge on any atom is 0.344 e. The number of carbonyl (C=O) groups is 2. The third-order valence-corrected chi connectivity index (χ3v) is 3.67. The lowest BCUT2D eigenvalue weighted by atomic mass is 10.1. The van der Waals surface area contributed by atoms with E-state index in [9.17, 15) is 23.5 Å². The SMILES string of the molecule is C=C(C)C(=O)OCC(=O)OC[C@H]1O[C@@H](N2C=CC(N)=NC2=C)C(F)(F)C1O. The summed E-state index contributed by atoms with van der Waals surface area (Å²) in [5.74, 6) is -5.53. The Balaban J connectivity index is 1.95. The smallest absolute Gasteiger partial charge is 0.344 e. The molecule has 0 aliphatic carbocycles. The summed E-state index contributed by atoms with van der Waals surface area (Å²) < 4.78 is 43.2. The molecule has 1 fully saturated rings. The number of aliphatic imine (C=N–C) groups is 1. The predicted molar refractivity (Wildman–Crippen MR) is 88.1 cm³/mol. The first kappa shape index (κ1) is 20.5. The normalized spacial score (nSPS) is 26.5. The molecule has 11 heteroatoms. The van der Waals surface area contributed by atoms with Crippen LogP contribution in [0.4, 0.5) is 8.78 Å². The van der Waals surface area contributed by atoms with E-state index in [-0.39, 0.29) is 17.2 Å². The van der Waals surface area contributed by atoms with Gasteiger partial charge in [-0.2, -0.15) is 8.78 Å². The third-order valence-electron chi connectivity index (χ3n) is 3.67. The van der Waals surface area contributed by atoms with Crippen LogP contribution in [0.1, 0.15) is 6.92 Å². The molecule has 1 saturated heterocycles. The molecule has 3 N–H and O–H groups in total. The van der Waals surface area contributed by atoms with E-state index in [2.05, 4.69) is 22.9 Å². The Labute approximate surface area is 153 Å². The van der Waals surface area contributed by atoms with Crippen molar-refractivity contribution < 1.29 is 37.7 Å². The summed E-state index contributed by atoms with van der Waals surface area (Å²) in [4.78, 5) is 27.4. The van der Waals surface area contributed by atoms with Gasteiger partial charge in [0.05, 0.1) is 0 Å². The molecule has 148 valence electrons. The number of carbonyl (C=O) groups excluding carboxylic acids is 2. The van der Waals surface area contributed by atoms with Crippen molar-refractivity contribution in [2.45, 2.75) is 31.3 Å². The number of ether oxygens (including phenoxy) is 3. The van der Waals surface area contributed by atoms with Gasteiger partial charge in [0, 0.05) is 11.8 Å². The van der Waals surface area contributed by atoms with Crippen molar-refractivity contribution in [3.05, 3.63) is 36.8 Å². The molecule has 0 bridgehead atoms. The summed E-state index contributed by atoms with van der Waals surface area (Å²) in [7, 11) is 0. The largest absolute Gasteiger partial charge is 0.460 e. The van der Waals surface area contributed by atoms with E-state index in [1.807, 2.05) is 0 Å². The van der Waals surface area contributed by atoms with E-state index >= 15 is 0 Å². The number of aliphatic hydroxyl groups excluding tert-OH is 1. The van der Waals surface area contributed by atoms with Crippen LogP contribution < -0.4 is 5.73 Å². The summed E-state index contributed by atoms with van der Waals surface area (Å²) in [6.07, 6.45) is -3.23. The Morgan fingerprint density at radius 1 is 1.48 bits per heavy atom. The molecule has 27 heavy (non-hydrogen) atoms. The van der Waals surface area contributed by atoms with Gasteiger partial charge in [-0.05, 0) is 13.0 Å². The molecule has 0 saturated carbocycles. The van der Waals surface area contributed by atoms with Gasteiger partial charge in [-0.3, -0.25) is 0 Å². The number of hydrogen-bond acceptors (Lipinski definition) is 9. The summed E-state index contributed by atoms with van der Waals surface area (Å²) in [5.41, 5.74) is 5.54. The van der Waals surface area contributed by atoms with Crippen LogP contribution in [-0.2, 0) is 23.8 Å². The van der Waals surface area contributed by atoms with Crippen LogP contribution >= 0.6 is 0 Å². The number of aliphatic hydroxyl groups is 1. The Morgan fingerprint density at radius 2 is 2.15 bits per heavy atom. The number of alkyl halides is 2. The van der Waals surface area contributed by atoms with Gasteiger partial charge in [-0.25, -0.2) is 14.6 Å². The lowest BCUT2D eigenvalue weighted by molar-refractivity contribution is -0.161. The molecule has 0 spiro atoms. The lowest BCUT2D eigenvalue weighted by Gasteiger charge is -2.31. The van der Waals surface area contributed by atoms with Crippen LogP contribution in [-0.4, -0.2) is 65.4 Å². The first-order valence-electron chi connectivity index (χ1n) is 7.73. The van der Waals surface area contributed by atoms with Crippen molar-refractivity contribution in [2.75, 3.05) is 13.2 Å². The maximum absolute atomic E-state index is 14.4. The fourth-order valence-electron chi connectivity index (χ4n) is 2.27. The highest BCUT2D eigenvalue weighted by Gasteiger charge is 2.61. The molecular formula is C16H19F2N3O6. The molecule has 3 atom stereocenters. The van der Waals surface area contributed by atoms with Crippen molar-refractivity contribution in [3.63, 3.8) is 0 Å². The molecule has 0 aromatic heterocycles.